The van der Waals surface area contributed by atoms with E-state index in [2.05, 4.69) is 32.7 Å². The highest BCUT2D eigenvalue weighted by atomic mass is 32.1. The number of ether oxygens (including phenoxy) is 1. The fourth-order valence-electron chi connectivity index (χ4n) is 2.02. The van der Waals surface area contributed by atoms with Crippen molar-refractivity contribution in [2.75, 3.05) is 0 Å². The first-order valence-corrected chi connectivity index (χ1v) is 7.67. The Morgan fingerprint density at radius 2 is 1.89 bits per heavy atom. The van der Waals surface area contributed by atoms with Crippen molar-refractivity contribution in [1.29, 1.82) is 0 Å². The Hall–Kier alpha value is -0.585. The van der Waals surface area contributed by atoms with Crippen LogP contribution in [0.5, 0.6) is 5.19 Å². The van der Waals surface area contributed by atoms with E-state index in [9.17, 15) is 0 Å². The Balaban J connectivity index is 1.70. The van der Waals surface area contributed by atoms with Gasteiger partial charge in [0.05, 0.1) is 16.0 Å². The van der Waals surface area contributed by atoms with E-state index < -0.39 is 0 Å². The van der Waals surface area contributed by atoms with Gasteiger partial charge in [-0.2, -0.15) is 0 Å². The number of thiazole rings is 1. The molecular weight excluding hydrogens is 261 g/mol. The summed E-state index contributed by atoms with van der Waals surface area (Å²) in [6, 6.07) is 0. The molecule has 1 saturated carbocycles. The van der Waals surface area contributed by atoms with Gasteiger partial charge in [0.1, 0.15) is 6.10 Å². The SMILES string of the molecule is CC1(C)OB(c2cnc(OC3CCC3)s2)OC1(C)C. The van der Waals surface area contributed by atoms with Gasteiger partial charge in [0, 0.05) is 6.20 Å². The Bertz CT molecular complexity index is 454. The van der Waals surface area contributed by atoms with E-state index >= 15 is 0 Å². The van der Waals surface area contributed by atoms with Gasteiger partial charge in [-0.25, -0.2) is 4.98 Å². The fourth-order valence-corrected chi connectivity index (χ4v) is 2.81. The van der Waals surface area contributed by atoms with Gasteiger partial charge in [-0.3, -0.25) is 0 Å². The zero-order valence-corrected chi connectivity index (χ0v) is 12.8. The number of aromatic nitrogens is 1. The van der Waals surface area contributed by atoms with Crippen molar-refractivity contribution in [3.8, 4) is 5.19 Å². The smallest absolute Gasteiger partial charge is 0.467 e. The van der Waals surface area contributed by atoms with E-state index in [0.29, 0.717) is 6.10 Å². The van der Waals surface area contributed by atoms with E-state index in [1.54, 1.807) is 6.20 Å². The van der Waals surface area contributed by atoms with Crippen LogP contribution >= 0.6 is 11.3 Å². The number of nitrogens with zero attached hydrogens (tertiary/aromatic N) is 1. The monoisotopic (exact) mass is 281 g/mol. The summed E-state index contributed by atoms with van der Waals surface area (Å²) in [6.07, 6.45) is 5.72. The normalized spacial score (nSPS) is 25.4. The van der Waals surface area contributed by atoms with Crippen molar-refractivity contribution in [3.63, 3.8) is 0 Å². The molecule has 3 rings (SSSR count). The molecule has 0 radical (unpaired) electrons. The molecule has 1 aromatic heterocycles. The lowest BCUT2D eigenvalue weighted by atomic mass is 9.89. The number of hydrogen-bond acceptors (Lipinski definition) is 5. The van der Waals surface area contributed by atoms with Gasteiger partial charge < -0.3 is 14.0 Å². The Morgan fingerprint density at radius 1 is 1.26 bits per heavy atom. The lowest BCUT2D eigenvalue weighted by Crippen LogP contribution is -2.41. The van der Waals surface area contributed by atoms with Crippen molar-refractivity contribution >= 4 is 23.2 Å². The molecule has 0 amide bonds. The summed E-state index contributed by atoms with van der Waals surface area (Å²) in [5, 5.41) is 0.731. The molecule has 2 heterocycles. The second-order valence-corrected chi connectivity index (χ2v) is 7.31. The van der Waals surface area contributed by atoms with Gasteiger partial charge in [-0.15, -0.1) is 0 Å². The fraction of sp³-hybridized carbons (Fsp3) is 0.769. The van der Waals surface area contributed by atoms with Crippen LogP contribution in [0.4, 0.5) is 0 Å². The van der Waals surface area contributed by atoms with Crippen LogP contribution in [0.3, 0.4) is 0 Å². The first-order valence-electron chi connectivity index (χ1n) is 6.85. The summed E-state index contributed by atoms with van der Waals surface area (Å²) >= 11 is 1.53. The molecule has 2 fully saturated rings. The molecule has 0 bridgehead atoms. The van der Waals surface area contributed by atoms with Crippen LogP contribution in [0.1, 0.15) is 47.0 Å². The topological polar surface area (TPSA) is 40.6 Å². The lowest BCUT2D eigenvalue weighted by molar-refractivity contribution is 0.00578. The maximum Gasteiger partial charge on any atom is 0.507 e. The van der Waals surface area contributed by atoms with Crippen molar-refractivity contribution in [2.24, 2.45) is 0 Å². The minimum Gasteiger partial charge on any atom is -0.467 e. The average Bonchev–Trinajstić information content (AvgIpc) is 2.77. The minimum absolute atomic E-state index is 0.309. The summed E-state index contributed by atoms with van der Waals surface area (Å²) in [4.78, 5) is 4.31. The first kappa shape index (κ1) is 13.4. The van der Waals surface area contributed by atoms with Crippen LogP contribution in [-0.4, -0.2) is 29.4 Å². The highest BCUT2D eigenvalue weighted by Crippen LogP contribution is 2.37. The van der Waals surface area contributed by atoms with Gasteiger partial charge in [0.2, 0.25) is 0 Å². The van der Waals surface area contributed by atoms with Crippen LogP contribution < -0.4 is 9.51 Å². The van der Waals surface area contributed by atoms with Crippen LogP contribution in [0, 0.1) is 0 Å². The van der Waals surface area contributed by atoms with Crippen LogP contribution in [0.15, 0.2) is 6.20 Å². The van der Waals surface area contributed by atoms with Crippen molar-refractivity contribution in [3.05, 3.63) is 6.20 Å². The predicted molar refractivity (Wildman–Crippen MR) is 76.1 cm³/mol. The standard InChI is InChI=1S/C13H20BNO3S/c1-12(2)13(3,4)18-14(17-12)10-8-15-11(19-10)16-9-6-5-7-9/h8-9H,5-7H2,1-4H3. The molecule has 6 heteroatoms. The second-order valence-electron chi connectivity index (χ2n) is 6.29. The molecule has 19 heavy (non-hydrogen) atoms. The maximum atomic E-state index is 6.00. The molecule has 4 nitrogen and oxygen atoms in total. The van der Waals surface area contributed by atoms with Crippen LogP contribution in [-0.2, 0) is 9.31 Å². The molecule has 0 spiro atoms. The molecule has 2 aliphatic rings. The van der Waals surface area contributed by atoms with Gasteiger partial charge >= 0.3 is 7.12 Å². The summed E-state index contributed by atoms with van der Waals surface area (Å²) in [7, 11) is -0.332. The molecule has 104 valence electrons. The predicted octanol–water partition coefficient (Wildman–Crippen LogP) is 2.37. The van der Waals surface area contributed by atoms with Gasteiger partial charge in [-0.1, -0.05) is 11.3 Å². The van der Waals surface area contributed by atoms with Crippen LogP contribution in [0.25, 0.3) is 0 Å². The minimum atomic E-state index is -0.332. The third kappa shape index (κ3) is 2.41. The average molecular weight is 281 g/mol. The quantitative estimate of drug-likeness (QED) is 0.798. The summed E-state index contributed by atoms with van der Waals surface area (Å²) in [5.41, 5.74) is -0.618. The highest BCUT2D eigenvalue weighted by molar-refractivity contribution is 7.23. The van der Waals surface area contributed by atoms with E-state index in [1.165, 1.54) is 17.8 Å². The number of rotatable bonds is 3. The van der Waals surface area contributed by atoms with E-state index in [-0.39, 0.29) is 18.3 Å². The molecule has 1 aromatic rings. The summed E-state index contributed by atoms with van der Waals surface area (Å²) in [5.74, 6) is 0. The Kier molecular flexibility index (Phi) is 3.15. The molecule has 1 aliphatic heterocycles. The zero-order valence-electron chi connectivity index (χ0n) is 11.9. The molecule has 1 aliphatic carbocycles. The van der Waals surface area contributed by atoms with Gasteiger partial charge in [-0.05, 0) is 47.0 Å². The molecule has 0 N–H and O–H groups in total. The molecule has 0 unspecified atom stereocenters. The first-order chi connectivity index (χ1) is 8.87. The van der Waals surface area contributed by atoms with Crippen LogP contribution in [0.2, 0.25) is 0 Å². The van der Waals surface area contributed by atoms with E-state index in [1.807, 2.05) is 0 Å². The maximum absolute atomic E-state index is 6.00. The van der Waals surface area contributed by atoms with E-state index in [4.69, 9.17) is 14.0 Å². The molecule has 1 saturated heterocycles. The largest absolute Gasteiger partial charge is 0.507 e. The van der Waals surface area contributed by atoms with E-state index in [0.717, 1.165) is 22.8 Å². The molecule has 0 atom stereocenters. The lowest BCUT2D eigenvalue weighted by Gasteiger charge is -2.32. The zero-order chi connectivity index (χ0) is 13.7. The molecular formula is C13H20BNO3S. The third-order valence-corrected chi connectivity index (χ3v) is 5.22. The van der Waals surface area contributed by atoms with Gasteiger partial charge in [0.25, 0.3) is 5.19 Å². The third-order valence-electron chi connectivity index (χ3n) is 4.31. The summed E-state index contributed by atoms with van der Waals surface area (Å²) in [6.45, 7) is 8.22. The van der Waals surface area contributed by atoms with Crippen molar-refractivity contribution < 1.29 is 14.0 Å². The van der Waals surface area contributed by atoms with Crippen molar-refractivity contribution in [1.82, 2.24) is 4.98 Å². The highest BCUT2D eigenvalue weighted by Gasteiger charge is 2.52. The van der Waals surface area contributed by atoms with Gasteiger partial charge in [0.15, 0.2) is 0 Å². The van der Waals surface area contributed by atoms with Crippen molar-refractivity contribution in [2.45, 2.75) is 64.3 Å². The summed E-state index contributed by atoms with van der Waals surface area (Å²) < 4.78 is 18.8. The number of hydrogen-bond donors (Lipinski definition) is 0. The molecule has 0 aromatic carbocycles. The second kappa shape index (κ2) is 4.47. The Labute approximate surface area is 118 Å². The Morgan fingerprint density at radius 3 is 2.42 bits per heavy atom.